The van der Waals surface area contributed by atoms with Crippen molar-refractivity contribution in [2.75, 3.05) is 0 Å². The lowest BCUT2D eigenvalue weighted by Crippen LogP contribution is -2.31. The molecule has 5 rings (SSSR count). The summed E-state index contributed by atoms with van der Waals surface area (Å²) in [5, 5.41) is 2.12. The zero-order valence-electron chi connectivity index (χ0n) is 18.9. The van der Waals surface area contributed by atoms with E-state index >= 15 is 0 Å². The van der Waals surface area contributed by atoms with E-state index in [0.717, 1.165) is 44.3 Å². The minimum atomic E-state index is -2.21. The molecule has 2 heteroatoms. The number of rotatable bonds is 2. The third kappa shape index (κ3) is 2.45. The zero-order valence-corrected chi connectivity index (χ0v) is 15.9. The van der Waals surface area contributed by atoms with Crippen LogP contribution in [0.15, 0.2) is 83.4 Å². The van der Waals surface area contributed by atoms with Gasteiger partial charge in [0.05, 0.1) is 11.1 Å². The molecule has 0 amide bonds. The summed E-state index contributed by atoms with van der Waals surface area (Å²) in [5.74, 6) is 0. The van der Waals surface area contributed by atoms with E-state index in [1.54, 1.807) is 12.1 Å². The Morgan fingerprint density at radius 2 is 1.57 bits per heavy atom. The van der Waals surface area contributed by atoms with Crippen LogP contribution in [0, 0.1) is 13.8 Å². The van der Waals surface area contributed by atoms with Gasteiger partial charge in [0.2, 0.25) is 5.69 Å². The molecule has 0 bridgehead atoms. The number of furan rings is 1. The topological polar surface area (TPSA) is 17.0 Å². The van der Waals surface area contributed by atoms with Gasteiger partial charge in [0.15, 0.2) is 6.20 Å². The molecule has 0 saturated heterocycles. The van der Waals surface area contributed by atoms with Gasteiger partial charge >= 0.3 is 0 Å². The first-order valence-corrected chi connectivity index (χ1v) is 9.36. The minimum Gasteiger partial charge on any atom is -0.455 e. The Hall–Kier alpha value is -3.39. The molecule has 0 aliphatic rings. The van der Waals surface area contributed by atoms with E-state index in [4.69, 9.17) is 8.53 Å². The number of fused-ring (bicyclic) bond motifs is 3. The summed E-state index contributed by atoms with van der Waals surface area (Å²) in [6, 6.07) is 23.4. The minimum absolute atomic E-state index is 0.344. The van der Waals surface area contributed by atoms with Gasteiger partial charge in [-0.25, -0.2) is 4.57 Å². The standard InChI is InChI=1S/C26H22NO/c1-17-9-4-5-10-19(17)21-12-8-16-27(3)25(21)24-18(2)14-15-22-20-11-6-7-13-23(20)28-26(22)24/h4-16H,1-3H3/q+1/i1D3. The van der Waals surface area contributed by atoms with Crippen molar-refractivity contribution in [2.24, 2.45) is 7.05 Å². The van der Waals surface area contributed by atoms with E-state index in [1.807, 2.05) is 60.3 Å². The van der Waals surface area contributed by atoms with E-state index in [2.05, 4.69) is 25.1 Å². The molecule has 2 nitrogen and oxygen atoms in total. The van der Waals surface area contributed by atoms with Gasteiger partial charge in [-0.3, -0.25) is 0 Å². The van der Waals surface area contributed by atoms with Crippen LogP contribution in [-0.2, 0) is 7.05 Å². The molecule has 0 aliphatic heterocycles. The molecule has 0 fully saturated rings. The van der Waals surface area contributed by atoms with E-state index in [0.29, 0.717) is 11.1 Å². The van der Waals surface area contributed by atoms with Gasteiger partial charge < -0.3 is 4.42 Å². The van der Waals surface area contributed by atoms with Crippen molar-refractivity contribution in [2.45, 2.75) is 13.8 Å². The number of hydrogen-bond acceptors (Lipinski definition) is 1. The maximum atomic E-state index is 8.05. The second-order valence-electron chi connectivity index (χ2n) is 7.16. The molecule has 0 aliphatic carbocycles. The number of nitrogens with zero attached hydrogens (tertiary/aromatic N) is 1. The molecule has 0 spiro atoms. The van der Waals surface area contributed by atoms with Gasteiger partial charge in [0, 0.05) is 21.0 Å². The third-order valence-electron chi connectivity index (χ3n) is 5.39. The summed E-state index contributed by atoms with van der Waals surface area (Å²) in [5.41, 5.74) is 6.56. The van der Waals surface area contributed by atoms with Gasteiger partial charge in [-0.15, -0.1) is 0 Å². The molecule has 0 unspecified atom stereocenters. The van der Waals surface area contributed by atoms with Crippen LogP contribution < -0.4 is 4.57 Å². The van der Waals surface area contributed by atoms with Crippen LogP contribution >= 0.6 is 0 Å². The highest BCUT2D eigenvalue weighted by atomic mass is 16.3. The number of aromatic nitrogens is 1. The van der Waals surface area contributed by atoms with Gasteiger partial charge in [-0.1, -0.05) is 54.6 Å². The largest absolute Gasteiger partial charge is 0.455 e. The maximum Gasteiger partial charge on any atom is 0.224 e. The summed E-state index contributed by atoms with van der Waals surface area (Å²) in [7, 11) is 1.98. The molecule has 0 radical (unpaired) electrons. The van der Waals surface area contributed by atoms with E-state index in [-0.39, 0.29) is 0 Å². The van der Waals surface area contributed by atoms with Crippen molar-refractivity contribution >= 4 is 21.9 Å². The number of benzene rings is 3. The van der Waals surface area contributed by atoms with Gasteiger partial charge in [-0.2, -0.15) is 0 Å². The van der Waals surface area contributed by atoms with Crippen LogP contribution in [0.2, 0.25) is 0 Å². The van der Waals surface area contributed by atoms with Crippen molar-refractivity contribution in [1.29, 1.82) is 0 Å². The van der Waals surface area contributed by atoms with Crippen LogP contribution in [0.25, 0.3) is 44.3 Å². The quantitative estimate of drug-likeness (QED) is 0.332. The van der Waals surface area contributed by atoms with E-state index < -0.39 is 6.85 Å². The fraction of sp³-hybridized carbons (Fsp3) is 0.115. The van der Waals surface area contributed by atoms with Crippen molar-refractivity contribution in [3.63, 3.8) is 0 Å². The highest BCUT2D eigenvalue weighted by Gasteiger charge is 2.25. The lowest BCUT2D eigenvalue weighted by atomic mass is 9.92. The van der Waals surface area contributed by atoms with Crippen molar-refractivity contribution in [3.8, 4) is 22.4 Å². The third-order valence-corrected chi connectivity index (χ3v) is 5.39. The van der Waals surface area contributed by atoms with Gasteiger partial charge in [0.1, 0.15) is 18.2 Å². The second-order valence-corrected chi connectivity index (χ2v) is 7.16. The van der Waals surface area contributed by atoms with E-state index in [1.165, 1.54) is 0 Å². The highest BCUT2D eigenvalue weighted by Crippen LogP contribution is 2.40. The number of pyridine rings is 1. The molecule has 3 aromatic carbocycles. The monoisotopic (exact) mass is 367 g/mol. The molecular formula is C26H22NO+. The van der Waals surface area contributed by atoms with Crippen LogP contribution in [0.1, 0.15) is 15.2 Å². The first-order valence-electron chi connectivity index (χ1n) is 10.9. The fourth-order valence-electron chi connectivity index (χ4n) is 4.04. The molecule has 5 aromatic rings. The first kappa shape index (κ1) is 13.7. The number of hydrogen-bond donors (Lipinski definition) is 0. The highest BCUT2D eigenvalue weighted by molar-refractivity contribution is 6.10. The Morgan fingerprint density at radius 3 is 2.46 bits per heavy atom. The second kappa shape index (κ2) is 6.35. The Kier molecular flexibility index (Phi) is 3.11. The van der Waals surface area contributed by atoms with Crippen molar-refractivity contribution in [1.82, 2.24) is 0 Å². The van der Waals surface area contributed by atoms with Crippen LogP contribution in [-0.4, -0.2) is 0 Å². The van der Waals surface area contributed by atoms with Crippen LogP contribution in [0.3, 0.4) is 0 Å². The fourth-order valence-corrected chi connectivity index (χ4v) is 4.04. The van der Waals surface area contributed by atoms with Crippen LogP contribution in [0.4, 0.5) is 0 Å². The summed E-state index contributed by atoms with van der Waals surface area (Å²) in [6.07, 6.45) is 1.98. The Balaban J connectivity index is 1.90. The van der Waals surface area contributed by atoms with Crippen LogP contribution in [0.5, 0.6) is 0 Å². The predicted molar refractivity (Wildman–Crippen MR) is 115 cm³/mol. The Labute approximate surface area is 168 Å². The zero-order chi connectivity index (χ0) is 21.8. The summed E-state index contributed by atoms with van der Waals surface area (Å²) < 4.78 is 32.5. The average molecular weight is 367 g/mol. The molecule has 0 atom stereocenters. The SMILES string of the molecule is [2H]C([2H])([2H])c1ccccc1-c1ccc[n+](C)c1-c1c(C)ccc2c1oc1ccccc12. The first-order chi connectivity index (χ1) is 14.9. The lowest BCUT2D eigenvalue weighted by molar-refractivity contribution is -0.659. The molecule has 2 heterocycles. The summed E-state index contributed by atoms with van der Waals surface area (Å²) >= 11 is 0. The normalized spacial score (nSPS) is 13.4. The molecule has 0 N–H and O–H groups in total. The molecule has 0 saturated carbocycles. The Morgan fingerprint density at radius 1 is 0.786 bits per heavy atom. The molecule has 136 valence electrons. The summed E-state index contributed by atoms with van der Waals surface area (Å²) in [6.45, 7) is -0.142. The average Bonchev–Trinajstić information content (AvgIpc) is 3.12. The summed E-state index contributed by atoms with van der Waals surface area (Å²) in [4.78, 5) is 0. The Bertz CT molecular complexity index is 1450. The number of para-hydroxylation sites is 1. The predicted octanol–water partition coefficient (Wildman–Crippen LogP) is 6.36. The lowest BCUT2D eigenvalue weighted by Gasteiger charge is -2.12. The molecule has 28 heavy (non-hydrogen) atoms. The molecular weight excluding hydrogens is 342 g/mol. The van der Waals surface area contributed by atoms with Gasteiger partial charge in [-0.05, 0) is 42.6 Å². The molecule has 2 aromatic heterocycles. The number of aryl methyl sites for hydroxylation is 3. The van der Waals surface area contributed by atoms with Gasteiger partial charge in [0.25, 0.3) is 0 Å². The van der Waals surface area contributed by atoms with E-state index in [9.17, 15) is 0 Å². The van der Waals surface area contributed by atoms with Crippen molar-refractivity contribution in [3.05, 3.63) is 90.1 Å². The maximum absolute atomic E-state index is 8.05. The smallest absolute Gasteiger partial charge is 0.224 e. The van der Waals surface area contributed by atoms with Crippen molar-refractivity contribution < 1.29 is 13.1 Å².